The first-order chi connectivity index (χ1) is 8.02. The Kier molecular flexibility index (Phi) is 3.03. The second-order valence-electron chi connectivity index (χ2n) is 4.56. The molecule has 1 aromatic carbocycles. The van der Waals surface area contributed by atoms with Crippen LogP contribution in [0.5, 0.6) is 0 Å². The molecule has 2 N–H and O–H groups in total. The van der Waals surface area contributed by atoms with Crippen molar-refractivity contribution < 1.29 is 0 Å². The summed E-state index contributed by atoms with van der Waals surface area (Å²) in [7, 11) is 0. The van der Waals surface area contributed by atoms with Gasteiger partial charge in [0.25, 0.3) is 0 Å². The van der Waals surface area contributed by atoms with E-state index in [-0.39, 0.29) is 6.04 Å². The van der Waals surface area contributed by atoms with Gasteiger partial charge in [-0.1, -0.05) is 18.2 Å². The molecule has 0 aliphatic rings. The van der Waals surface area contributed by atoms with Gasteiger partial charge in [0.15, 0.2) is 0 Å². The van der Waals surface area contributed by atoms with Crippen LogP contribution in [-0.4, -0.2) is 9.78 Å². The fourth-order valence-electron chi connectivity index (χ4n) is 2.02. The van der Waals surface area contributed by atoms with Crippen LogP contribution in [0.1, 0.15) is 35.5 Å². The zero-order valence-corrected chi connectivity index (χ0v) is 10.9. The normalized spacial score (nSPS) is 12.8. The maximum absolute atomic E-state index is 6.01. The maximum atomic E-state index is 6.01. The van der Waals surface area contributed by atoms with Gasteiger partial charge in [-0.05, 0) is 44.9 Å². The number of nitrogens with zero attached hydrogens (tertiary/aromatic N) is 2. The van der Waals surface area contributed by atoms with Crippen molar-refractivity contribution in [3.05, 3.63) is 46.8 Å². The van der Waals surface area contributed by atoms with Crippen molar-refractivity contribution in [1.29, 1.82) is 0 Å². The number of nitrogens with two attached hydrogens (primary N) is 1. The second-order valence-corrected chi connectivity index (χ2v) is 4.56. The first kappa shape index (κ1) is 11.9. The van der Waals surface area contributed by atoms with Crippen LogP contribution in [0, 0.1) is 20.8 Å². The summed E-state index contributed by atoms with van der Waals surface area (Å²) < 4.78 is 1.99. The third-order valence-electron chi connectivity index (χ3n) is 3.31. The Morgan fingerprint density at radius 1 is 1.18 bits per heavy atom. The molecule has 0 fully saturated rings. The molecule has 0 amide bonds. The van der Waals surface area contributed by atoms with E-state index < -0.39 is 0 Å². The number of para-hydroxylation sites is 1. The van der Waals surface area contributed by atoms with Gasteiger partial charge in [0.05, 0.1) is 11.4 Å². The molecule has 1 heterocycles. The van der Waals surface area contributed by atoms with Gasteiger partial charge in [-0.25, -0.2) is 4.68 Å². The lowest BCUT2D eigenvalue weighted by molar-refractivity contribution is 0.766. The van der Waals surface area contributed by atoms with E-state index >= 15 is 0 Å². The Balaban J connectivity index is 2.64. The van der Waals surface area contributed by atoms with Gasteiger partial charge in [0.1, 0.15) is 0 Å². The van der Waals surface area contributed by atoms with Crippen molar-refractivity contribution in [2.45, 2.75) is 33.7 Å². The van der Waals surface area contributed by atoms with Crippen LogP contribution in [-0.2, 0) is 0 Å². The number of hydrogen-bond acceptors (Lipinski definition) is 2. The third-order valence-corrected chi connectivity index (χ3v) is 3.31. The van der Waals surface area contributed by atoms with Crippen LogP contribution in [0.3, 0.4) is 0 Å². The number of rotatable bonds is 2. The highest BCUT2D eigenvalue weighted by atomic mass is 15.3. The average Bonchev–Trinajstić information content (AvgIpc) is 2.57. The molecule has 0 radical (unpaired) electrons. The van der Waals surface area contributed by atoms with E-state index in [0.29, 0.717) is 0 Å². The molecule has 0 spiro atoms. The molecule has 90 valence electrons. The lowest BCUT2D eigenvalue weighted by Crippen LogP contribution is -2.11. The number of aromatic nitrogens is 2. The highest BCUT2D eigenvalue weighted by molar-refractivity contribution is 5.44. The quantitative estimate of drug-likeness (QED) is 0.860. The molecule has 3 heteroatoms. The minimum atomic E-state index is 0.00964. The van der Waals surface area contributed by atoms with Gasteiger partial charge in [-0.2, -0.15) is 5.10 Å². The molecule has 2 aromatic rings. The molecule has 0 saturated carbocycles. The first-order valence-corrected chi connectivity index (χ1v) is 5.90. The van der Waals surface area contributed by atoms with Crippen LogP contribution < -0.4 is 5.73 Å². The fourth-order valence-corrected chi connectivity index (χ4v) is 2.02. The minimum absolute atomic E-state index is 0.00964. The SMILES string of the molecule is Cc1nn(-c2ccccc2[C@@H](C)N)c(C)c1C. The topological polar surface area (TPSA) is 43.8 Å². The predicted octanol–water partition coefficient (Wildman–Crippen LogP) is 2.82. The summed E-state index contributed by atoms with van der Waals surface area (Å²) >= 11 is 0. The fraction of sp³-hybridized carbons (Fsp3) is 0.357. The van der Waals surface area contributed by atoms with Crippen molar-refractivity contribution in [3.63, 3.8) is 0 Å². The Morgan fingerprint density at radius 3 is 2.35 bits per heavy atom. The lowest BCUT2D eigenvalue weighted by atomic mass is 10.1. The van der Waals surface area contributed by atoms with E-state index in [2.05, 4.69) is 31.1 Å². The summed E-state index contributed by atoms with van der Waals surface area (Å²) in [4.78, 5) is 0. The van der Waals surface area contributed by atoms with E-state index in [1.165, 1.54) is 11.3 Å². The van der Waals surface area contributed by atoms with Crippen molar-refractivity contribution in [2.24, 2.45) is 5.73 Å². The summed E-state index contributed by atoms with van der Waals surface area (Å²) in [6, 6.07) is 8.17. The molecular weight excluding hydrogens is 210 g/mol. The van der Waals surface area contributed by atoms with E-state index in [4.69, 9.17) is 5.73 Å². The van der Waals surface area contributed by atoms with Crippen LogP contribution >= 0.6 is 0 Å². The zero-order chi connectivity index (χ0) is 12.6. The van der Waals surface area contributed by atoms with Crippen molar-refractivity contribution >= 4 is 0 Å². The number of benzene rings is 1. The standard InChI is InChI=1S/C14H19N3/c1-9-11(3)16-17(12(9)4)14-8-6-5-7-13(14)10(2)15/h5-8,10H,15H2,1-4H3/t10-/m1/s1. The summed E-state index contributed by atoms with van der Waals surface area (Å²) in [6.07, 6.45) is 0. The van der Waals surface area contributed by atoms with Crippen LogP contribution in [0.2, 0.25) is 0 Å². The van der Waals surface area contributed by atoms with Gasteiger partial charge in [-0.15, -0.1) is 0 Å². The van der Waals surface area contributed by atoms with Crippen LogP contribution in [0.4, 0.5) is 0 Å². The minimum Gasteiger partial charge on any atom is -0.324 e. The van der Waals surface area contributed by atoms with Gasteiger partial charge >= 0.3 is 0 Å². The Bertz CT molecular complexity index is 538. The third kappa shape index (κ3) is 1.98. The maximum Gasteiger partial charge on any atom is 0.0696 e. The van der Waals surface area contributed by atoms with Crippen molar-refractivity contribution in [2.75, 3.05) is 0 Å². The molecule has 0 bridgehead atoms. The van der Waals surface area contributed by atoms with E-state index in [9.17, 15) is 0 Å². The number of hydrogen-bond donors (Lipinski definition) is 1. The summed E-state index contributed by atoms with van der Waals surface area (Å²) in [5.74, 6) is 0. The molecule has 0 aliphatic carbocycles. The molecule has 17 heavy (non-hydrogen) atoms. The van der Waals surface area contributed by atoms with Gasteiger partial charge in [0, 0.05) is 11.7 Å². The molecule has 2 rings (SSSR count). The predicted molar refractivity (Wildman–Crippen MR) is 70.4 cm³/mol. The van der Waals surface area contributed by atoms with Crippen LogP contribution in [0.25, 0.3) is 5.69 Å². The van der Waals surface area contributed by atoms with Crippen molar-refractivity contribution in [1.82, 2.24) is 9.78 Å². The monoisotopic (exact) mass is 229 g/mol. The average molecular weight is 229 g/mol. The molecule has 1 aromatic heterocycles. The van der Waals surface area contributed by atoms with Gasteiger partial charge in [-0.3, -0.25) is 0 Å². The van der Waals surface area contributed by atoms with Gasteiger partial charge in [0.2, 0.25) is 0 Å². The molecule has 0 aliphatic heterocycles. The van der Waals surface area contributed by atoms with Crippen molar-refractivity contribution in [3.8, 4) is 5.69 Å². The Labute approximate surface area is 102 Å². The Hall–Kier alpha value is -1.61. The summed E-state index contributed by atoms with van der Waals surface area (Å²) in [5.41, 5.74) is 11.7. The van der Waals surface area contributed by atoms with E-state index in [1.54, 1.807) is 0 Å². The summed E-state index contributed by atoms with van der Waals surface area (Å²) in [6.45, 7) is 8.22. The molecule has 0 unspecified atom stereocenters. The lowest BCUT2D eigenvalue weighted by Gasteiger charge is -2.13. The summed E-state index contributed by atoms with van der Waals surface area (Å²) in [5, 5.41) is 4.58. The number of aryl methyl sites for hydroxylation is 1. The largest absolute Gasteiger partial charge is 0.324 e. The highest BCUT2D eigenvalue weighted by Gasteiger charge is 2.13. The molecule has 1 atom stereocenters. The molecular formula is C14H19N3. The van der Waals surface area contributed by atoms with Gasteiger partial charge < -0.3 is 5.73 Å². The second kappa shape index (κ2) is 4.34. The van der Waals surface area contributed by atoms with E-state index in [1.807, 2.05) is 30.7 Å². The zero-order valence-electron chi connectivity index (χ0n) is 10.9. The molecule has 0 saturated heterocycles. The highest BCUT2D eigenvalue weighted by Crippen LogP contribution is 2.23. The van der Waals surface area contributed by atoms with Crippen LogP contribution in [0.15, 0.2) is 24.3 Å². The smallest absolute Gasteiger partial charge is 0.0696 e. The van der Waals surface area contributed by atoms with E-state index in [0.717, 1.165) is 16.9 Å². The Morgan fingerprint density at radius 2 is 1.82 bits per heavy atom. The first-order valence-electron chi connectivity index (χ1n) is 5.90. The molecule has 3 nitrogen and oxygen atoms in total.